The minimum absolute atomic E-state index is 0.253. The molecule has 0 atom stereocenters. The zero-order chi connectivity index (χ0) is 15.4. The van der Waals surface area contributed by atoms with Gasteiger partial charge in [-0.3, -0.25) is 0 Å². The Bertz CT molecular complexity index is 482. The molecular weight excluding hydrogens is 281 g/mol. The highest BCUT2D eigenvalue weighted by atomic mass is 19.1. The van der Waals surface area contributed by atoms with Gasteiger partial charge < -0.3 is 9.47 Å². The maximum Gasteiger partial charge on any atom is 0.255 e. The van der Waals surface area contributed by atoms with E-state index in [1.165, 1.54) is 19.3 Å². The van der Waals surface area contributed by atoms with Crippen LogP contribution in [0, 0.1) is 11.9 Å². The minimum Gasteiger partial charge on any atom is -0.489 e. The predicted molar refractivity (Wildman–Crippen MR) is 83.7 cm³/mol. The third-order valence-corrected chi connectivity index (χ3v) is 5.02. The van der Waals surface area contributed by atoms with E-state index < -0.39 is 5.95 Å². The smallest absolute Gasteiger partial charge is 0.255 e. The average molecular weight is 307 g/mol. The molecule has 2 aliphatic rings. The molecule has 4 heteroatoms. The molecule has 0 aliphatic heterocycles. The van der Waals surface area contributed by atoms with Crippen LogP contribution in [0.1, 0.15) is 63.5 Å². The van der Waals surface area contributed by atoms with Gasteiger partial charge in [-0.1, -0.05) is 6.42 Å². The fourth-order valence-corrected chi connectivity index (χ4v) is 3.38. The molecule has 2 fully saturated rings. The summed E-state index contributed by atoms with van der Waals surface area (Å²) in [6, 6.07) is 3.62. The largest absolute Gasteiger partial charge is 0.489 e. The molecule has 1 aromatic heterocycles. The molecule has 0 bridgehead atoms. The Morgan fingerprint density at radius 3 is 2.50 bits per heavy atom. The summed E-state index contributed by atoms with van der Waals surface area (Å²) < 4.78 is 25.1. The van der Waals surface area contributed by atoms with Crippen LogP contribution in [0.5, 0.6) is 5.75 Å². The van der Waals surface area contributed by atoms with Crippen molar-refractivity contribution in [3.05, 3.63) is 23.8 Å². The number of hydrogen-bond donors (Lipinski definition) is 0. The molecule has 122 valence electrons. The Morgan fingerprint density at radius 2 is 1.91 bits per heavy atom. The molecule has 2 aliphatic carbocycles. The normalized spacial score (nSPS) is 25.7. The first kappa shape index (κ1) is 15.7. The van der Waals surface area contributed by atoms with Crippen LogP contribution in [0.2, 0.25) is 0 Å². The van der Waals surface area contributed by atoms with Crippen molar-refractivity contribution in [2.24, 2.45) is 5.92 Å². The van der Waals surface area contributed by atoms with Crippen molar-refractivity contribution in [3.63, 3.8) is 0 Å². The number of rotatable bonds is 6. The first-order valence-corrected chi connectivity index (χ1v) is 8.67. The molecule has 3 rings (SSSR count). The Morgan fingerprint density at radius 1 is 1.14 bits per heavy atom. The lowest BCUT2D eigenvalue weighted by atomic mass is 9.84. The van der Waals surface area contributed by atoms with Crippen LogP contribution < -0.4 is 4.74 Å². The van der Waals surface area contributed by atoms with Gasteiger partial charge in [-0.2, -0.15) is 4.39 Å². The van der Waals surface area contributed by atoms with Crippen molar-refractivity contribution in [2.45, 2.75) is 63.9 Å². The highest BCUT2D eigenvalue weighted by Gasteiger charge is 2.26. The van der Waals surface area contributed by atoms with Crippen molar-refractivity contribution in [1.82, 2.24) is 4.98 Å². The van der Waals surface area contributed by atoms with Crippen molar-refractivity contribution in [1.29, 1.82) is 0 Å². The molecule has 0 spiro atoms. The summed E-state index contributed by atoms with van der Waals surface area (Å²) in [4.78, 5) is 4.10. The van der Waals surface area contributed by atoms with Crippen molar-refractivity contribution >= 4 is 0 Å². The van der Waals surface area contributed by atoms with Gasteiger partial charge in [-0.05, 0) is 63.5 Å². The van der Waals surface area contributed by atoms with E-state index >= 15 is 0 Å². The standard InChI is InChI=1S/C18H26FNO2/c1-2-21-17-11-10-16(20-18(17)19)14-6-8-15(9-7-14)22-12-13-4-3-5-13/h10-11,13-15H,2-9,12H2,1H3. The van der Waals surface area contributed by atoms with E-state index in [0.29, 0.717) is 18.6 Å². The van der Waals surface area contributed by atoms with Crippen LogP contribution in [0.15, 0.2) is 12.1 Å². The Balaban J connectivity index is 1.49. The number of pyridine rings is 1. The van der Waals surface area contributed by atoms with Gasteiger partial charge in [0.15, 0.2) is 5.75 Å². The van der Waals surface area contributed by atoms with Crippen molar-refractivity contribution < 1.29 is 13.9 Å². The van der Waals surface area contributed by atoms with Gasteiger partial charge in [0.25, 0.3) is 5.95 Å². The average Bonchev–Trinajstić information content (AvgIpc) is 2.49. The second-order valence-corrected chi connectivity index (χ2v) is 6.56. The summed E-state index contributed by atoms with van der Waals surface area (Å²) in [5.74, 6) is 0.930. The lowest BCUT2D eigenvalue weighted by molar-refractivity contribution is -0.0102. The van der Waals surface area contributed by atoms with E-state index in [4.69, 9.17) is 9.47 Å². The molecule has 3 nitrogen and oxygen atoms in total. The molecule has 0 N–H and O–H groups in total. The van der Waals surface area contributed by atoms with E-state index in [1.807, 2.05) is 13.0 Å². The molecule has 1 aromatic rings. The first-order valence-electron chi connectivity index (χ1n) is 8.67. The quantitative estimate of drug-likeness (QED) is 0.727. The van der Waals surface area contributed by atoms with Gasteiger partial charge in [0.05, 0.1) is 12.7 Å². The molecule has 0 amide bonds. The first-order chi connectivity index (χ1) is 10.8. The van der Waals surface area contributed by atoms with E-state index in [9.17, 15) is 4.39 Å². The van der Waals surface area contributed by atoms with Gasteiger partial charge >= 0.3 is 0 Å². The highest BCUT2D eigenvalue weighted by molar-refractivity contribution is 5.23. The lowest BCUT2D eigenvalue weighted by Crippen LogP contribution is -2.26. The van der Waals surface area contributed by atoms with Crippen LogP contribution in [0.3, 0.4) is 0 Å². The summed E-state index contributed by atoms with van der Waals surface area (Å²) in [5, 5.41) is 0. The zero-order valence-electron chi connectivity index (χ0n) is 13.4. The van der Waals surface area contributed by atoms with Crippen molar-refractivity contribution in [2.75, 3.05) is 13.2 Å². The predicted octanol–water partition coefficient (Wildman–Crippen LogP) is 4.46. The third-order valence-electron chi connectivity index (χ3n) is 5.02. The monoisotopic (exact) mass is 307 g/mol. The van der Waals surface area contributed by atoms with E-state index in [1.54, 1.807) is 6.07 Å². The van der Waals surface area contributed by atoms with Crippen LogP contribution in [-0.2, 0) is 4.74 Å². The zero-order valence-corrected chi connectivity index (χ0v) is 13.4. The Labute approximate surface area is 132 Å². The molecular formula is C18H26FNO2. The van der Waals surface area contributed by atoms with Gasteiger partial charge in [0.2, 0.25) is 0 Å². The van der Waals surface area contributed by atoms with E-state index in [0.717, 1.165) is 43.9 Å². The maximum atomic E-state index is 13.9. The van der Waals surface area contributed by atoms with Gasteiger partial charge in [0, 0.05) is 18.2 Å². The summed E-state index contributed by atoms with van der Waals surface area (Å²) >= 11 is 0. The van der Waals surface area contributed by atoms with E-state index in [-0.39, 0.29) is 5.75 Å². The summed E-state index contributed by atoms with van der Waals surface area (Å²) in [5.41, 5.74) is 0.860. The topological polar surface area (TPSA) is 31.4 Å². The molecule has 0 aromatic carbocycles. The Hall–Kier alpha value is -1.16. The fraction of sp³-hybridized carbons (Fsp3) is 0.722. The van der Waals surface area contributed by atoms with Crippen LogP contribution in [-0.4, -0.2) is 24.3 Å². The summed E-state index contributed by atoms with van der Waals surface area (Å²) in [6.07, 6.45) is 8.64. The number of hydrogen-bond acceptors (Lipinski definition) is 3. The maximum absolute atomic E-state index is 13.9. The van der Waals surface area contributed by atoms with Crippen LogP contribution in [0.4, 0.5) is 4.39 Å². The van der Waals surface area contributed by atoms with Crippen molar-refractivity contribution in [3.8, 4) is 5.75 Å². The number of aromatic nitrogens is 1. The second-order valence-electron chi connectivity index (χ2n) is 6.56. The van der Waals surface area contributed by atoms with E-state index in [2.05, 4.69) is 4.98 Å². The molecule has 0 radical (unpaired) electrons. The van der Waals surface area contributed by atoms with Crippen LogP contribution in [0.25, 0.3) is 0 Å². The number of halogens is 1. The van der Waals surface area contributed by atoms with Gasteiger partial charge in [0.1, 0.15) is 0 Å². The lowest BCUT2D eigenvalue weighted by Gasteiger charge is -2.31. The molecule has 1 heterocycles. The number of nitrogens with zero attached hydrogens (tertiary/aromatic N) is 1. The van der Waals surface area contributed by atoms with Gasteiger partial charge in [-0.25, -0.2) is 4.98 Å². The van der Waals surface area contributed by atoms with Gasteiger partial charge in [-0.15, -0.1) is 0 Å². The highest BCUT2D eigenvalue weighted by Crippen LogP contribution is 2.35. The van der Waals surface area contributed by atoms with Crippen LogP contribution >= 0.6 is 0 Å². The number of ether oxygens (including phenoxy) is 2. The Kier molecular flexibility index (Phi) is 5.29. The SMILES string of the molecule is CCOc1ccc(C2CCC(OCC3CCC3)CC2)nc1F. The molecule has 2 saturated carbocycles. The minimum atomic E-state index is -0.484. The fourth-order valence-electron chi connectivity index (χ4n) is 3.38. The second kappa shape index (κ2) is 7.40. The molecule has 0 unspecified atom stereocenters. The summed E-state index contributed by atoms with van der Waals surface area (Å²) in [7, 11) is 0. The molecule has 22 heavy (non-hydrogen) atoms. The molecule has 0 saturated heterocycles. The summed E-state index contributed by atoms with van der Waals surface area (Å²) in [6.45, 7) is 3.24. The third kappa shape index (κ3) is 3.78.